The highest BCUT2D eigenvalue weighted by Gasteiger charge is 2.30. The summed E-state index contributed by atoms with van der Waals surface area (Å²) < 4.78 is 5.94. The Morgan fingerprint density at radius 3 is 2.68 bits per heavy atom. The van der Waals surface area contributed by atoms with Gasteiger partial charge in [0.25, 0.3) is 11.5 Å². The summed E-state index contributed by atoms with van der Waals surface area (Å²) in [6.07, 6.45) is -0.220. The number of nitrogens with zero attached hydrogens (tertiary/aromatic N) is 2. The molecule has 6 nitrogen and oxygen atoms in total. The number of ether oxygens (including phenoxy) is 1. The van der Waals surface area contributed by atoms with Crippen molar-refractivity contribution >= 4 is 5.91 Å². The van der Waals surface area contributed by atoms with Gasteiger partial charge in [0.1, 0.15) is 11.8 Å². The molecule has 114 valence electrons. The molecule has 1 aliphatic rings. The van der Waals surface area contributed by atoms with E-state index < -0.39 is 0 Å². The van der Waals surface area contributed by atoms with Crippen molar-refractivity contribution in [1.29, 1.82) is 0 Å². The van der Waals surface area contributed by atoms with Crippen LogP contribution in [0, 0.1) is 0 Å². The van der Waals surface area contributed by atoms with Crippen molar-refractivity contribution in [2.75, 3.05) is 13.1 Å². The summed E-state index contributed by atoms with van der Waals surface area (Å²) in [5.74, 6) is -0.202. The van der Waals surface area contributed by atoms with Gasteiger partial charge in [0.15, 0.2) is 0 Å². The molecule has 0 bridgehead atoms. The number of carbonyl (C=O) groups excluding carboxylic acids is 1. The molecular weight excluding hydrogens is 282 g/mol. The maximum absolute atomic E-state index is 12.5. The summed E-state index contributed by atoms with van der Waals surface area (Å²) in [5.41, 5.74) is 0.954. The second-order valence-electron chi connectivity index (χ2n) is 5.36. The molecule has 2 aromatic rings. The van der Waals surface area contributed by atoms with Gasteiger partial charge in [-0.1, -0.05) is 30.3 Å². The average Bonchev–Trinajstić information content (AvgIpc) is 2.55. The minimum atomic E-state index is -0.325. The second-order valence-corrected chi connectivity index (χ2v) is 5.36. The molecule has 1 N–H and O–H groups in total. The Kier molecular flexibility index (Phi) is 4.02. The predicted octanol–water partition coefficient (Wildman–Crippen LogP) is 1.37. The van der Waals surface area contributed by atoms with Gasteiger partial charge in [-0.3, -0.25) is 9.59 Å². The fourth-order valence-electron chi connectivity index (χ4n) is 2.59. The molecule has 3 rings (SSSR count). The van der Waals surface area contributed by atoms with E-state index in [4.69, 9.17) is 4.74 Å². The van der Waals surface area contributed by atoms with E-state index in [1.165, 1.54) is 12.1 Å². The van der Waals surface area contributed by atoms with Crippen LogP contribution in [0.2, 0.25) is 0 Å². The topological polar surface area (TPSA) is 75.3 Å². The van der Waals surface area contributed by atoms with Crippen molar-refractivity contribution in [2.24, 2.45) is 0 Å². The Hall–Kier alpha value is -2.47. The van der Waals surface area contributed by atoms with Gasteiger partial charge >= 0.3 is 0 Å². The van der Waals surface area contributed by atoms with Crippen LogP contribution in [0.3, 0.4) is 0 Å². The van der Waals surface area contributed by atoms with Crippen LogP contribution in [0.1, 0.15) is 29.1 Å². The first-order valence-corrected chi connectivity index (χ1v) is 7.19. The standard InChI is InChI=1S/C16H17N3O3/c1-11-9-19(16(21)13-7-8-15(20)18-17-13)10-14(22-11)12-5-3-2-4-6-12/h2-8,11,14H,9-10H2,1H3,(H,18,20)/t11-,14-/m1/s1. The summed E-state index contributed by atoms with van der Waals surface area (Å²) >= 11 is 0. The van der Waals surface area contributed by atoms with Crippen LogP contribution in [0.4, 0.5) is 0 Å². The van der Waals surface area contributed by atoms with Crippen LogP contribution >= 0.6 is 0 Å². The van der Waals surface area contributed by atoms with E-state index >= 15 is 0 Å². The number of morpholine rings is 1. The number of hydrogen-bond donors (Lipinski definition) is 1. The van der Waals surface area contributed by atoms with E-state index in [2.05, 4.69) is 10.2 Å². The minimum Gasteiger partial charge on any atom is -0.367 e. The molecule has 0 radical (unpaired) electrons. The van der Waals surface area contributed by atoms with Crippen molar-refractivity contribution < 1.29 is 9.53 Å². The monoisotopic (exact) mass is 299 g/mol. The molecule has 22 heavy (non-hydrogen) atoms. The second kappa shape index (κ2) is 6.11. The highest BCUT2D eigenvalue weighted by molar-refractivity contribution is 5.92. The molecule has 1 fully saturated rings. The smallest absolute Gasteiger partial charge is 0.274 e. The third-order valence-corrected chi connectivity index (χ3v) is 3.62. The molecule has 1 aromatic heterocycles. The summed E-state index contributed by atoms with van der Waals surface area (Å²) in [4.78, 5) is 25.3. The van der Waals surface area contributed by atoms with E-state index in [-0.39, 0.29) is 29.4 Å². The van der Waals surface area contributed by atoms with Gasteiger partial charge in [0, 0.05) is 12.6 Å². The fourth-order valence-corrected chi connectivity index (χ4v) is 2.59. The van der Waals surface area contributed by atoms with Crippen molar-refractivity contribution in [1.82, 2.24) is 15.1 Å². The predicted molar refractivity (Wildman–Crippen MR) is 80.5 cm³/mol. The lowest BCUT2D eigenvalue weighted by Crippen LogP contribution is -2.46. The summed E-state index contributed by atoms with van der Waals surface area (Å²) in [6.45, 7) is 2.91. The average molecular weight is 299 g/mol. The number of amides is 1. The Morgan fingerprint density at radius 2 is 2.00 bits per heavy atom. The van der Waals surface area contributed by atoms with Gasteiger partial charge in [0.05, 0.1) is 12.6 Å². The quantitative estimate of drug-likeness (QED) is 0.909. The van der Waals surface area contributed by atoms with Crippen LogP contribution in [0.25, 0.3) is 0 Å². The molecule has 0 spiro atoms. The summed E-state index contributed by atoms with van der Waals surface area (Å²) in [7, 11) is 0. The largest absolute Gasteiger partial charge is 0.367 e. The Morgan fingerprint density at radius 1 is 1.23 bits per heavy atom. The third-order valence-electron chi connectivity index (χ3n) is 3.62. The van der Waals surface area contributed by atoms with Crippen LogP contribution in [-0.2, 0) is 4.74 Å². The molecule has 0 unspecified atom stereocenters. The van der Waals surface area contributed by atoms with Gasteiger partial charge in [0.2, 0.25) is 0 Å². The van der Waals surface area contributed by atoms with Crippen molar-refractivity contribution in [3.63, 3.8) is 0 Å². The maximum Gasteiger partial charge on any atom is 0.274 e. The maximum atomic E-state index is 12.5. The zero-order valence-electron chi connectivity index (χ0n) is 12.2. The molecule has 1 amide bonds. The minimum absolute atomic E-state index is 0.0642. The Balaban J connectivity index is 1.80. The Bertz CT molecular complexity index is 694. The number of carbonyl (C=O) groups is 1. The van der Waals surface area contributed by atoms with Gasteiger partial charge in [-0.15, -0.1) is 0 Å². The normalized spacial score (nSPS) is 21.6. The lowest BCUT2D eigenvalue weighted by molar-refractivity contribution is -0.0693. The zero-order chi connectivity index (χ0) is 15.5. The molecule has 1 aliphatic heterocycles. The molecule has 1 aromatic carbocycles. The highest BCUT2D eigenvalue weighted by Crippen LogP contribution is 2.25. The van der Waals surface area contributed by atoms with Crippen molar-refractivity contribution in [3.8, 4) is 0 Å². The Labute approximate surface area is 127 Å². The molecular formula is C16H17N3O3. The van der Waals surface area contributed by atoms with Crippen LogP contribution in [-0.4, -0.2) is 40.2 Å². The first-order chi connectivity index (χ1) is 10.6. The van der Waals surface area contributed by atoms with E-state index in [1.807, 2.05) is 37.3 Å². The number of rotatable bonds is 2. The van der Waals surface area contributed by atoms with E-state index in [9.17, 15) is 9.59 Å². The van der Waals surface area contributed by atoms with E-state index in [0.29, 0.717) is 13.1 Å². The summed E-state index contributed by atoms with van der Waals surface area (Å²) in [6, 6.07) is 12.6. The van der Waals surface area contributed by atoms with Gasteiger partial charge < -0.3 is 9.64 Å². The third kappa shape index (κ3) is 3.07. The van der Waals surface area contributed by atoms with Crippen LogP contribution in [0.15, 0.2) is 47.3 Å². The van der Waals surface area contributed by atoms with E-state index in [0.717, 1.165) is 5.56 Å². The number of aromatic nitrogens is 2. The number of H-pyrrole nitrogens is 1. The number of hydrogen-bond acceptors (Lipinski definition) is 4. The lowest BCUT2D eigenvalue weighted by Gasteiger charge is -2.36. The van der Waals surface area contributed by atoms with Gasteiger partial charge in [-0.05, 0) is 18.6 Å². The molecule has 1 saturated heterocycles. The van der Waals surface area contributed by atoms with Crippen molar-refractivity contribution in [2.45, 2.75) is 19.1 Å². The van der Waals surface area contributed by atoms with Crippen molar-refractivity contribution in [3.05, 3.63) is 64.1 Å². The van der Waals surface area contributed by atoms with Gasteiger partial charge in [-0.25, -0.2) is 5.10 Å². The zero-order valence-corrected chi connectivity index (χ0v) is 12.2. The molecule has 6 heteroatoms. The molecule has 2 atom stereocenters. The van der Waals surface area contributed by atoms with Gasteiger partial charge in [-0.2, -0.15) is 5.10 Å². The molecule has 2 heterocycles. The number of aromatic amines is 1. The summed E-state index contributed by atoms with van der Waals surface area (Å²) in [5, 5.41) is 6.10. The van der Waals surface area contributed by atoms with Crippen LogP contribution in [0.5, 0.6) is 0 Å². The van der Waals surface area contributed by atoms with E-state index in [1.54, 1.807) is 4.90 Å². The number of nitrogens with one attached hydrogen (secondary N) is 1. The number of benzene rings is 1. The molecule has 0 saturated carbocycles. The first kappa shape index (κ1) is 14.5. The SMILES string of the molecule is C[C@@H]1CN(C(=O)c2ccc(=O)[nH]n2)C[C@H](c2ccccc2)O1. The highest BCUT2D eigenvalue weighted by atomic mass is 16.5. The first-order valence-electron chi connectivity index (χ1n) is 7.19. The molecule has 0 aliphatic carbocycles. The lowest BCUT2D eigenvalue weighted by atomic mass is 10.1. The van der Waals surface area contributed by atoms with Crippen LogP contribution < -0.4 is 5.56 Å². The fraction of sp³-hybridized carbons (Fsp3) is 0.312.